The topological polar surface area (TPSA) is 71.6 Å². The van der Waals surface area contributed by atoms with Crippen molar-refractivity contribution in [2.24, 2.45) is 0 Å². The number of amides is 1. The van der Waals surface area contributed by atoms with Gasteiger partial charge in [0.15, 0.2) is 11.2 Å². The van der Waals surface area contributed by atoms with Crippen LogP contribution in [-0.4, -0.2) is 37.4 Å². The van der Waals surface area contributed by atoms with Crippen molar-refractivity contribution in [3.05, 3.63) is 54.6 Å². The van der Waals surface area contributed by atoms with Gasteiger partial charge in [0.1, 0.15) is 5.75 Å². The third kappa shape index (κ3) is 7.24. The van der Waals surface area contributed by atoms with Gasteiger partial charge in [-0.05, 0) is 48.8 Å². The summed E-state index contributed by atoms with van der Waals surface area (Å²) in [5, 5.41) is 3.31. The van der Waals surface area contributed by atoms with Gasteiger partial charge in [-0.25, -0.2) is 0 Å². The van der Waals surface area contributed by atoms with E-state index in [0.717, 1.165) is 17.5 Å². The summed E-state index contributed by atoms with van der Waals surface area (Å²) in [4.78, 5) is 12.1. The molecule has 1 amide bonds. The second kappa shape index (κ2) is 11.2. The zero-order chi connectivity index (χ0) is 19.5. The van der Waals surface area contributed by atoms with Gasteiger partial charge in [-0.15, -0.1) is 0 Å². The molecule has 0 bridgehead atoms. The number of hydrogen-bond donors (Lipinski definition) is 3. The van der Waals surface area contributed by atoms with E-state index in [-0.39, 0.29) is 5.91 Å². The Balaban J connectivity index is 1.76. The Bertz CT molecular complexity index is 723. The summed E-state index contributed by atoms with van der Waals surface area (Å²) >= 11 is 5.08. The summed E-state index contributed by atoms with van der Waals surface area (Å²) in [7, 11) is 1.65. The normalized spacial score (nSPS) is 11.3. The Hall–Kier alpha value is -2.64. The van der Waals surface area contributed by atoms with Crippen molar-refractivity contribution in [1.29, 1.82) is 0 Å². The maximum atomic E-state index is 12.1. The zero-order valence-corrected chi connectivity index (χ0v) is 16.3. The van der Waals surface area contributed by atoms with Gasteiger partial charge in [-0.2, -0.15) is 0 Å². The molecule has 0 spiro atoms. The van der Waals surface area contributed by atoms with E-state index in [1.807, 2.05) is 54.6 Å². The monoisotopic (exact) mass is 387 g/mol. The highest BCUT2D eigenvalue weighted by atomic mass is 32.1. The van der Waals surface area contributed by atoms with Gasteiger partial charge in [0.2, 0.25) is 0 Å². The van der Waals surface area contributed by atoms with Crippen LogP contribution in [0.1, 0.15) is 13.3 Å². The fourth-order valence-corrected chi connectivity index (χ4v) is 2.45. The van der Waals surface area contributed by atoms with E-state index in [1.54, 1.807) is 14.0 Å². The maximum absolute atomic E-state index is 12.1. The number of nitrogens with one attached hydrogen (secondary N) is 3. The number of ether oxygens (including phenoxy) is 2. The molecule has 0 aliphatic rings. The van der Waals surface area contributed by atoms with E-state index in [4.69, 9.17) is 21.7 Å². The molecule has 0 saturated heterocycles. The van der Waals surface area contributed by atoms with Crippen molar-refractivity contribution >= 4 is 23.2 Å². The van der Waals surface area contributed by atoms with Crippen LogP contribution in [0.15, 0.2) is 54.6 Å². The molecule has 144 valence electrons. The van der Waals surface area contributed by atoms with Gasteiger partial charge < -0.3 is 14.8 Å². The fraction of sp³-hybridized carbons (Fsp3) is 0.300. The number of rotatable bonds is 8. The van der Waals surface area contributed by atoms with Crippen LogP contribution in [-0.2, 0) is 9.53 Å². The summed E-state index contributed by atoms with van der Waals surface area (Å²) in [6, 6.07) is 17.7. The Morgan fingerprint density at radius 1 is 1.04 bits per heavy atom. The van der Waals surface area contributed by atoms with Crippen LogP contribution < -0.4 is 20.9 Å². The van der Waals surface area contributed by atoms with Crippen LogP contribution in [0.4, 0.5) is 0 Å². The zero-order valence-electron chi connectivity index (χ0n) is 15.5. The predicted octanol–water partition coefficient (Wildman–Crippen LogP) is 2.65. The molecule has 0 unspecified atom stereocenters. The molecular formula is C20H25N3O3S. The van der Waals surface area contributed by atoms with Gasteiger partial charge in [-0.3, -0.25) is 15.6 Å². The quantitative estimate of drug-likeness (QED) is 0.367. The average Bonchev–Trinajstić information content (AvgIpc) is 2.70. The van der Waals surface area contributed by atoms with E-state index < -0.39 is 6.10 Å². The second-order valence-electron chi connectivity index (χ2n) is 5.87. The Kier molecular flexibility index (Phi) is 8.54. The van der Waals surface area contributed by atoms with Crippen LogP contribution in [0, 0.1) is 0 Å². The Morgan fingerprint density at radius 3 is 2.37 bits per heavy atom. The molecule has 2 aromatic rings. The first kappa shape index (κ1) is 20.7. The molecule has 3 N–H and O–H groups in total. The van der Waals surface area contributed by atoms with Gasteiger partial charge in [0.05, 0.1) is 0 Å². The largest absolute Gasteiger partial charge is 0.481 e. The lowest BCUT2D eigenvalue weighted by molar-refractivity contribution is -0.127. The number of hydrogen-bond acceptors (Lipinski definition) is 4. The highest BCUT2D eigenvalue weighted by molar-refractivity contribution is 7.80. The number of methoxy groups -OCH3 is 1. The first-order valence-electron chi connectivity index (χ1n) is 8.75. The van der Waals surface area contributed by atoms with Crippen molar-refractivity contribution in [2.45, 2.75) is 19.4 Å². The predicted molar refractivity (Wildman–Crippen MR) is 110 cm³/mol. The first-order valence-corrected chi connectivity index (χ1v) is 9.15. The Labute approximate surface area is 165 Å². The smallest absolute Gasteiger partial charge is 0.279 e. The molecule has 0 aliphatic carbocycles. The van der Waals surface area contributed by atoms with Crippen LogP contribution in [0.25, 0.3) is 11.1 Å². The van der Waals surface area contributed by atoms with Crippen molar-refractivity contribution < 1.29 is 14.3 Å². The van der Waals surface area contributed by atoms with Crippen LogP contribution >= 0.6 is 12.2 Å². The summed E-state index contributed by atoms with van der Waals surface area (Å²) in [6.07, 6.45) is 0.154. The standard InChI is InChI=1S/C20H25N3O3S/c1-15(19(24)22-23-20(27)21-13-6-14-25-2)26-18-11-9-17(10-12-18)16-7-4-3-5-8-16/h3-5,7-12,15H,6,13-14H2,1-2H3,(H,22,24)(H2,21,23,27)/t15-/m0/s1. The Morgan fingerprint density at radius 2 is 1.70 bits per heavy atom. The molecule has 0 fully saturated rings. The molecule has 0 heterocycles. The van der Waals surface area contributed by atoms with Gasteiger partial charge in [0, 0.05) is 20.3 Å². The van der Waals surface area contributed by atoms with E-state index >= 15 is 0 Å². The molecule has 27 heavy (non-hydrogen) atoms. The number of benzene rings is 2. The third-order valence-electron chi connectivity index (χ3n) is 3.75. The number of carbonyl (C=O) groups excluding carboxylic acids is 1. The molecule has 6 nitrogen and oxygen atoms in total. The van der Waals surface area contributed by atoms with E-state index in [2.05, 4.69) is 16.2 Å². The van der Waals surface area contributed by atoms with Crippen LogP contribution in [0.2, 0.25) is 0 Å². The number of thiocarbonyl (C=S) groups is 1. The summed E-state index contributed by atoms with van der Waals surface area (Å²) in [5.74, 6) is 0.306. The van der Waals surface area contributed by atoms with Gasteiger partial charge in [0.25, 0.3) is 5.91 Å². The lowest BCUT2D eigenvalue weighted by Crippen LogP contribution is -2.50. The van der Waals surface area contributed by atoms with Crippen molar-refractivity contribution in [1.82, 2.24) is 16.2 Å². The molecule has 2 rings (SSSR count). The van der Waals surface area contributed by atoms with Crippen molar-refractivity contribution in [2.75, 3.05) is 20.3 Å². The molecule has 0 aliphatic heterocycles. The molecular weight excluding hydrogens is 362 g/mol. The van der Waals surface area contributed by atoms with Gasteiger partial charge >= 0.3 is 0 Å². The van der Waals surface area contributed by atoms with Crippen molar-refractivity contribution in [3.63, 3.8) is 0 Å². The molecule has 0 radical (unpaired) electrons. The van der Waals surface area contributed by atoms with E-state index in [0.29, 0.717) is 24.0 Å². The summed E-state index contributed by atoms with van der Waals surface area (Å²) in [6.45, 7) is 2.99. The fourth-order valence-electron chi connectivity index (χ4n) is 2.30. The molecule has 0 aromatic heterocycles. The number of carbonyl (C=O) groups is 1. The highest BCUT2D eigenvalue weighted by Gasteiger charge is 2.14. The maximum Gasteiger partial charge on any atom is 0.279 e. The first-order chi connectivity index (χ1) is 13.1. The van der Waals surface area contributed by atoms with Crippen LogP contribution in [0.3, 0.4) is 0 Å². The lowest BCUT2D eigenvalue weighted by atomic mass is 10.1. The lowest BCUT2D eigenvalue weighted by Gasteiger charge is -2.16. The minimum absolute atomic E-state index is 0.317. The molecule has 7 heteroatoms. The second-order valence-corrected chi connectivity index (χ2v) is 6.28. The SMILES string of the molecule is COCCCNC(=S)NNC(=O)[C@H](C)Oc1ccc(-c2ccccc2)cc1. The number of hydrazine groups is 1. The summed E-state index contributed by atoms with van der Waals surface area (Å²) < 4.78 is 10.6. The molecule has 0 saturated carbocycles. The van der Waals surface area contributed by atoms with E-state index in [9.17, 15) is 4.79 Å². The molecule has 1 atom stereocenters. The minimum atomic E-state index is -0.670. The van der Waals surface area contributed by atoms with Crippen LogP contribution in [0.5, 0.6) is 5.75 Å². The minimum Gasteiger partial charge on any atom is -0.481 e. The molecule has 2 aromatic carbocycles. The summed E-state index contributed by atoms with van der Waals surface area (Å²) in [5.41, 5.74) is 7.41. The van der Waals surface area contributed by atoms with Crippen molar-refractivity contribution in [3.8, 4) is 16.9 Å². The average molecular weight is 388 g/mol. The van der Waals surface area contributed by atoms with Gasteiger partial charge in [-0.1, -0.05) is 42.5 Å². The van der Waals surface area contributed by atoms with E-state index in [1.165, 1.54) is 0 Å². The highest BCUT2D eigenvalue weighted by Crippen LogP contribution is 2.22. The third-order valence-corrected chi connectivity index (χ3v) is 4.00.